The Hall–Kier alpha value is -3.54. The van der Waals surface area contributed by atoms with E-state index in [-0.39, 0.29) is 18.1 Å². The van der Waals surface area contributed by atoms with Crippen molar-refractivity contribution >= 4 is 23.3 Å². The van der Waals surface area contributed by atoms with Gasteiger partial charge in [-0.2, -0.15) is 18.4 Å². The summed E-state index contributed by atoms with van der Waals surface area (Å²) in [5.41, 5.74) is -0.912. The summed E-state index contributed by atoms with van der Waals surface area (Å²) < 4.78 is 44.2. The van der Waals surface area contributed by atoms with Crippen LogP contribution in [0.3, 0.4) is 0 Å². The first kappa shape index (κ1) is 23.1. The first-order valence-corrected chi connectivity index (χ1v) is 10.0. The highest BCUT2D eigenvalue weighted by Crippen LogP contribution is 2.38. The average Bonchev–Trinajstić information content (AvgIpc) is 2.74. The number of hydrogen-bond acceptors (Lipinski definition) is 5. The number of ether oxygens (including phenoxy) is 1. The molecule has 6 nitrogen and oxygen atoms in total. The Labute approximate surface area is 183 Å². The van der Waals surface area contributed by atoms with Crippen LogP contribution in [0.4, 0.5) is 24.5 Å². The van der Waals surface area contributed by atoms with E-state index in [4.69, 9.17) is 5.26 Å². The summed E-state index contributed by atoms with van der Waals surface area (Å²) in [5, 5.41) is 14.7. The number of hydrogen-bond donors (Lipinski definition) is 2. The van der Waals surface area contributed by atoms with Crippen LogP contribution in [0.5, 0.6) is 0 Å². The fourth-order valence-corrected chi connectivity index (χ4v) is 3.52. The van der Waals surface area contributed by atoms with Gasteiger partial charge in [0, 0.05) is 17.8 Å². The standard InChI is InChI=1S/C23H22F3N3O3/c1-32-20(30)10-5-15-3-7-17(8-4-15)29-22(11-2-12-22)21(31)28-18-9-6-16(14-27)19(13-18)23(24,25)26/h3-4,6-9,13,29H,2,5,10-12H2,1H3,(H,28,31). The maximum atomic E-state index is 13.2. The molecule has 0 unspecified atom stereocenters. The van der Waals surface area contributed by atoms with Gasteiger partial charge in [0.15, 0.2) is 0 Å². The Morgan fingerprint density at radius 2 is 1.78 bits per heavy atom. The van der Waals surface area contributed by atoms with Crippen molar-refractivity contribution in [2.75, 3.05) is 17.7 Å². The quantitative estimate of drug-likeness (QED) is 0.605. The minimum absolute atomic E-state index is 0.0208. The number of nitrogens with zero attached hydrogens (tertiary/aromatic N) is 1. The molecule has 0 atom stereocenters. The molecule has 0 spiro atoms. The highest BCUT2D eigenvalue weighted by atomic mass is 19.4. The molecule has 1 saturated carbocycles. The van der Waals surface area contributed by atoms with Crippen molar-refractivity contribution in [2.45, 2.75) is 43.8 Å². The van der Waals surface area contributed by atoms with Crippen molar-refractivity contribution in [1.29, 1.82) is 5.26 Å². The predicted octanol–water partition coefficient (Wildman–Crippen LogP) is 4.66. The van der Waals surface area contributed by atoms with E-state index in [2.05, 4.69) is 15.4 Å². The second-order valence-corrected chi connectivity index (χ2v) is 7.66. The van der Waals surface area contributed by atoms with Gasteiger partial charge in [0.2, 0.25) is 5.91 Å². The molecule has 3 rings (SSSR count). The molecule has 0 radical (unpaired) electrons. The van der Waals surface area contributed by atoms with E-state index in [1.54, 1.807) is 12.1 Å². The van der Waals surface area contributed by atoms with E-state index in [0.717, 1.165) is 24.1 Å². The molecule has 1 fully saturated rings. The molecule has 2 aromatic rings. The molecule has 1 aliphatic carbocycles. The van der Waals surface area contributed by atoms with Crippen LogP contribution >= 0.6 is 0 Å². The van der Waals surface area contributed by atoms with Crippen LogP contribution < -0.4 is 10.6 Å². The number of carbonyl (C=O) groups excluding carboxylic acids is 2. The fraction of sp³-hybridized carbons (Fsp3) is 0.348. The Bertz CT molecular complexity index is 1040. The monoisotopic (exact) mass is 445 g/mol. The number of esters is 1. The van der Waals surface area contributed by atoms with Gasteiger partial charge >= 0.3 is 12.1 Å². The topological polar surface area (TPSA) is 91.2 Å². The van der Waals surface area contributed by atoms with Gasteiger partial charge in [-0.1, -0.05) is 12.1 Å². The minimum atomic E-state index is -4.70. The minimum Gasteiger partial charge on any atom is -0.469 e. The summed E-state index contributed by atoms with van der Waals surface area (Å²) in [6.45, 7) is 0. The van der Waals surface area contributed by atoms with E-state index < -0.39 is 28.7 Å². The molecule has 0 heterocycles. The van der Waals surface area contributed by atoms with Gasteiger partial charge in [-0.3, -0.25) is 9.59 Å². The molecule has 0 bridgehead atoms. The van der Waals surface area contributed by atoms with Crippen LogP contribution in [0.2, 0.25) is 0 Å². The molecule has 0 aromatic heterocycles. The number of benzene rings is 2. The lowest BCUT2D eigenvalue weighted by Gasteiger charge is -2.41. The lowest BCUT2D eigenvalue weighted by Crippen LogP contribution is -2.54. The van der Waals surface area contributed by atoms with Gasteiger partial charge in [0.25, 0.3) is 0 Å². The van der Waals surface area contributed by atoms with E-state index >= 15 is 0 Å². The number of carbonyl (C=O) groups is 2. The average molecular weight is 445 g/mol. The maximum Gasteiger partial charge on any atom is 0.417 e. The Morgan fingerprint density at radius 1 is 1.12 bits per heavy atom. The van der Waals surface area contributed by atoms with E-state index in [1.165, 1.54) is 19.2 Å². The number of anilines is 2. The van der Waals surface area contributed by atoms with E-state index in [9.17, 15) is 22.8 Å². The molecule has 2 aromatic carbocycles. The molecule has 1 aliphatic rings. The zero-order valence-corrected chi connectivity index (χ0v) is 17.4. The van der Waals surface area contributed by atoms with E-state index in [1.807, 2.05) is 12.1 Å². The van der Waals surface area contributed by atoms with Gasteiger partial charge < -0.3 is 15.4 Å². The molecule has 9 heteroatoms. The molecular formula is C23H22F3N3O3. The lowest BCUT2D eigenvalue weighted by molar-refractivity contribution is -0.140. The first-order chi connectivity index (χ1) is 15.2. The lowest BCUT2D eigenvalue weighted by atomic mass is 9.75. The molecule has 32 heavy (non-hydrogen) atoms. The van der Waals surface area contributed by atoms with Gasteiger partial charge in [-0.25, -0.2) is 0 Å². The summed E-state index contributed by atoms with van der Waals surface area (Å²) in [4.78, 5) is 24.2. The smallest absolute Gasteiger partial charge is 0.417 e. The molecule has 2 N–H and O–H groups in total. The van der Waals surface area contributed by atoms with Gasteiger partial charge in [0.05, 0.1) is 24.3 Å². The second kappa shape index (κ2) is 9.30. The molecule has 168 valence electrons. The van der Waals surface area contributed by atoms with Crippen molar-refractivity contribution < 1.29 is 27.5 Å². The first-order valence-electron chi connectivity index (χ1n) is 10.0. The maximum absolute atomic E-state index is 13.2. The van der Waals surface area contributed by atoms with E-state index in [0.29, 0.717) is 24.9 Å². The van der Waals surface area contributed by atoms with Gasteiger partial charge in [-0.15, -0.1) is 0 Å². The number of amides is 1. The molecule has 0 aliphatic heterocycles. The van der Waals surface area contributed by atoms with Gasteiger partial charge in [0.1, 0.15) is 5.54 Å². The van der Waals surface area contributed by atoms with Crippen LogP contribution in [0.1, 0.15) is 42.4 Å². The summed E-state index contributed by atoms with van der Waals surface area (Å²) in [6.07, 6.45) is -2.04. The summed E-state index contributed by atoms with van der Waals surface area (Å²) in [6, 6.07) is 11.9. The normalized spacial score (nSPS) is 14.6. The number of aryl methyl sites for hydroxylation is 1. The third-order valence-corrected chi connectivity index (χ3v) is 5.53. The summed E-state index contributed by atoms with van der Waals surface area (Å²) in [5.74, 6) is -0.731. The highest BCUT2D eigenvalue weighted by molar-refractivity contribution is 6.01. The number of alkyl halides is 3. The van der Waals surface area contributed by atoms with Crippen LogP contribution in [-0.2, 0) is 26.9 Å². The Morgan fingerprint density at radius 3 is 2.31 bits per heavy atom. The van der Waals surface area contributed by atoms with Crippen molar-refractivity contribution in [3.63, 3.8) is 0 Å². The van der Waals surface area contributed by atoms with Gasteiger partial charge in [-0.05, 0) is 61.6 Å². The number of halogens is 3. The van der Waals surface area contributed by atoms with Crippen molar-refractivity contribution in [1.82, 2.24) is 0 Å². The SMILES string of the molecule is COC(=O)CCc1ccc(NC2(C(=O)Nc3ccc(C#N)c(C(F)(F)F)c3)CCC2)cc1. The Balaban J connectivity index is 1.71. The van der Waals surface area contributed by atoms with Crippen LogP contribution in [0.15, 0.2) is 42.5 Å². The Kier molecular flexibility index (Phi) is 6.72. The molecular weight excluding hydrogens is 423 g/mol. The summed E-state index contributed by atoms with van der Waals surface area (Å²) >= 11 is 0. The number of nitriles is 1. The predicted molar refractivity (Wildman–Crippen MR) is 112 cm³/mol. The third kappa shape index (κ3) is 5.19. The van der Waals surface area contributed by atoms with Crippen molar-refractivity contribution in [2.24, 2.45) is 0 Å². The van der Waals surface area contributed by atoms with Crippen LogP contribution in [0, 0.1) is 11.3 Å². The van der Waals surface area contributed by atoms with Crippen LogP contribution in [0.25, 0.3) is 0 Å². The molecule has 1 amide bonds. The number of nitrogens with one attached hydrogen (secondary N) is 2. The number of methoxy groups -OCH3 is 1. The number of rotatable bonds is 7. The highest BCUT2D eigenvalue weighted by Gasteiger charge is 2.44. The second-order valence-electron chi connectivity index (χ2n) is 7.66. The third-order valence-electron chi connectivity index (χ3n) is 5.53. The summed E-state index contributed by atoms with van der Waals surface area (Å²) in [7, 11) is 1.33. The van der Waals surface area contributed by atoms with Crippen LogP contribution in [-0.4, -0.2) is 24.5 Å². The zero-order valence-electron chi connectivity index (χ0n) is 17.4. The fourth-order valence-electron chi connectivity index (χ4n) is 3.52. The zero-order chi connectivity index (χ0) is 23.4. The molecule has 0 saturated heterocycles. The van der Waals surface area contributed by atoms with Crippen molar-refractivity contribution in [3.05, 3.63) is 59.2 Å². The largest absolute Gasteiger partial charge is 0.469 e. The van der Waals surface area contributed by atoms with Crippen molar-refractivity contribution in [3.8, 4) is 6.07 Å².